The van der Waals surface area contributed by atoms with Crippen molar-refractivity contribution < 1.29 is 4.79 Å². The second-order valence-corrected chi connectivity index (χ2v) is 7.56. The van der Waals surface area contributed by atoms with Crippen LogP contribution in [-0.2, 0) is 4.79 Å². The van der Waals surface area contributed by atoms with Gasteiger partial charge in [0.25, 0.3) is 0 Å². The van der Waals surface area contributed by atoms with Gasteiger partial charge in [0.1, 0.15) is 0 Å². The van der Waals surface area contributed by atoms with Crippen molar-refractivity contribution in [3.8, 4) is 0 Å². The highest BCUT2D eigenvalue weighted by atomic mass is 32.1. The molecule has 2 heterocycles. The van der Waals surface area contributed by atoms with E-state index in [-0.39, 0.29) is 0 Å². The molecule has 2 N–H and O–H groups in total. The molecular weight excluding hydrogens is 358 g/mol. The number of nitrogens with one attached hydrogen (secondary N) is 2. The van der Waals surface area contributed by atoms with Gasteiger partial charge in [0, 0.05) is 32.6 Å². The van der Waals surface area contributed by atoms with Crippen LogP contribution >= 0.6 is 11.3 Å². The normalized spacial score (nSPS) is 16.2. The average Bonchev–Trinajstić information content (AvgIpc) is 3.34. The van der Waals surface area contributed by atoms with Crippen LogP contribution in [0.5, 0.6) is 0 Å². The van der Waals surface area contributed by atoms with E-state index in [2.05, 4.69) is 53.1 Å². The van der Waals surface area contributed by atoms with Crippen molar-refractivity contribution in [2.45, 2.75) is 46.1 Å². The molecule has 2 rings (SSSR count). The maximum absolute atomic E-state index is 11.7. The third kappa shape index (κ3) is 6.81. The quantitative estimate of drug-likeness (QED) is 0.345. The van der Waals surface area contributed by atoms with Crippen LogP contribution in [0.3, 0.4) is 0 Å². The van der Waals surface area contributed by atoms with Crippen molar-refractivity contribution in [1.29, 1.82) is 0 Å². The lowest BCUT2D eigenvalue weighted by Crippen LogP contribution is -2.40. The van der Waals surface area contributed by atoms with Crippen molar-refractivity contribution in [3.05, 3.63) is 22.4 Å². The Hall–Kier alpha value is -1.60. The van der Waals surface area contributed by atoms with Gasteiger partial charge in [0.15, 0.2) is 5.96 Å². The number of nitrogens with zero attached hydrogens (tertiary/aromatic N) is 3. The summed E-state index contributed by atoms with van der Waals surface area (Å²) < 4.78 is 0. The minimum absolute atomic E-state index is 0.299. The lowest BCUT2D eigenvalue weighted by atomic mass is 10.1. The van der Waals surface area contributed by atoms with Gasteiger partial charge in [-0.2, -0.15) is 11.3 Å². The number of rotatable bonds is 11. The number of carbonyl (C=O) groups excluding carboxylic acids is 1. The van der Waals surface area contributed by atoms with Gasteiger partial charge in [0.05, 0.1) is 12.6 Å². The van der Waals surface area contributed by atoms with Gasteiger partial charge >= 0.3 is 0 Å². The van der Waals surface area contributed by atoms with E-state index < -0.39 is 0 Å². The fourth-order valence-electron chi connectivity index (χ4n) is 3.50. The summed E-state index contributed by atoms with van der Waals surface area (Å²) in [4.78, 5) is 21.0. The lowest BCUT2D eigenvalue weighted by Gasteiger charge is -2.28. The van der Waals surface area contributed by atoms with Crippen LogP contribution in [-0.4, -0.2) is 67.5 Å². The molecule has 27 heavy (non-hydrogen) atoms. The van der Waals surface area contributed by atoms with E-state index >= 15 is 0 Å². The molecule has 0 bridgehead atoms. The molecule has 1 unspecified atom stereocenters. The van der Waals surface area contributed by atoms with Crippen molar-refractivity contribution in [3.63, 3.8) is 0 Å². The van der Waals surface area contributed by atoms with E-state index in [1.54, 1.807) is 11.3 Å². The van der Waals surface area contributed by atoms with E-state index in [9.17, 15) is 4.79 Å². The van der Waals surface area contributed by atoms with Crippen LogP contribution < -0.4 is 10.6 Å². The van der Waals surface area contributed by atoms with Crippen LogP contribution in [0.25, 0.3) is 0 Å². The van der Waals surface area contributed by atoms with Gasteiger partial charge in [0.2, 0.25) is 5.91 Å². The van der Waals surface area contributed by atoms with E-state index in [1.165, 1.54) is 5.56 Å². The first-order chi connectivity index (χ1) is 13.2. The molecule has 0 radical (unpaired) electrons. The van der Waals surface area contributed by atoms with Crippen LogP contribution in [0.1, 0.15) is 51.6 Å². The van der Waals surface area contributed by atoms with E-state index in [4.69, 9.17) is 4.99 Å². The highest BCUT2D eigenvalue weighted by Gasteiger charge is 2.20. The molecule has 0 spiro atoms. The molecule has 1 saturated heterocycles. The Morgan fingerprint density at radius 3 is 2.74 bits per heavy atom. The zero-order chi connectivity index (χ0) is 19.5. The molecule has 7 heteroatoms. The molecule has 6 nitrogen and oxygen atoms in total. The van der Waals surface area contributed by atoms with Crippen LogP contribution in [0.15, 0.2) is 21.8 Å². The number of carbonyl (C=O) groups is 1. The molecule has 1 aliphatic heterocycles. The third-order valence-electron chi connectivity index (χ3n) is 5.02. The topological polar surface area (TPSA) is 60.0 Å². The maximum Gasteiger partial charge on any atom is 0.222 e. The Labute approximate surface area is 168 Å². The van der Waals surface area contributed by atoms with Crippen molar-refractivity contribution in [1.82, 2.24) is 20.4 Å². The lowest BCUT2D eigenvalue weighted by molar-refractivity contribution is -0.127. The zero-order valence-corrected chi connectivity index (χ0v) is 17.9. The van der Waals surface area contributed by atoms with E-state index in [0.29, 0.717) is 18.4 Å². The minimum Gasteiger partial charge on any atom is -0.357 e. The number of amides is 1. The summed E-state index contributed by atoms with van der Waals surface area (Å²) >= 11 is 1.74. The summed E-state index contributed by atoms with van der Waals surface area (Å²) in [5.41, 5.74) is 1.34. The Kier molecular flexibility index (Phi) is 9.62. The Morgan fingerprint density at radius 1 is 1.33 bits per heavy atom. The average molecular weight is 394 g/mol. The predicted molar refractivity (Wildman–Crippen MR) is 114 cm³/mol. The fraction of sp³-hybridized carbons (Fsp3) is 0.700. The molecule has 1 atom stereocenters. The SMILES string of the molecule is CCNC(=NCC(c1ccsc1)N(CC)CC)NCCCN1CCCC1=O. The Bertz CT molecular complexity index is 571. The number of guanidine groups is 1. The smallest absolute Gasteiger partial charge is 0.222 e. The standard InChI is InChI=1S/C20H35N5OS/c1-4-21-20(22-11-8-13-25-12-7-9-19(25)26)23-15-18(24(5-2)6-3)17-10-14-27-16-17/h10,14,16,18H,4-9,11-13,15H2,1-3H3,(H2,21,22,23). The molecule has 0 aromatic carbocycles. The number of hydrogen-bond donors (Lipinski definition) is 2. The minimum atomic E-state index is 0.299. The van der Waals surface area contributed by atoms with Crippen LogP contribution in [0.4, 0.5) is 0 Å². The molecule has 1 aromatic rings. The molecule has 0 saturated carbocycles. The molecular formula is C20H35N5OS. The van der Waals surface area contributed by atoms with Gasteiger partial charge in [-0.1, -0.05) is 13.8 Å². The molecule has 1 amide bonds. The number of thiophene rings is 1. The highest BCUT2D eigenvalue weighted by molar-refractivity contribution is 7.07. The first-order valence-electron chi connectivity index (χ1n) is 10.3. The Morgan fingerprint density at radius 2 is 2.15 bits per heavy atom. The van der Waals surface area contributed by atoms with E-state index in [0.717, 1.165) is 64.6 Å². The van der Waals surface area contributed by atoms with Gasteiger partial charge in [-0.25, -0.2) is 0 Å². The summed E-state index contributed by atoms with van der Waals surface area (Å²) in [5, 5.41) is 11.1. The first kappa shape index (κ1) is 21.7. The summed E-state index contributed by atoms with van der Waals surface area (Å²) in [6.07, 6.45) is 2.67. The second kappa shape index (κ2) is 12.0. The Balaban J connectivity index is 1.88. The third-order valence-corrected chi connectivity index (χ3v) is 5.72. The van der Waals surface area contributed by atoms with Crippen molar-refractivity contribution in [2.24, 2.45) is 4.99 Å². The predicted octanol–water partition coefficient (Wildman–Crippen LogP) is 2.70. The van der Waals surface area contributed by atoms with Crippen LogP contribution in [0.2, 0.25) is 0 Å². The van der Waals surface area contributed by atoms with Gasteiger partial charge in [-0.15, -0.1) is 0 Å². The van der Waals surface area contributed by atoms with E-state index in [1.807, 2.05) is 4.90 Å². The second-order valence-electron chi connectivity index (χ2n) is 6.78. The fourth-order valence-corrected chi connectivity index (χ4v) is 4.20. The van der Waals surface area contributed by atoms with Crippen molar-refractivity contribution in [2.75, 3.05) is 45.8 Å². The summed E-state index contributed by atoms with van der Waals surface area (Å²) in [6.45, 7) is 12.7. The highest BCUT2D eigenvalue weighted by Crippen LogP contribution is 2.23. The van der Waals surface area contributed by atoms with Crippen molar-refractivity contribution >= 4 is 23.2 Å². The molecule has 1 aliphatic rings. The number of aliphatic imine (C=N–C) groups is 1. The molecule has 0 aliphatic carbocycles. The van der Waals surface area contributed by atoms with Crippen LogP contribution in [0, 0.1) is 0 Å². The zero-order valence-electron chi connectivity index (χ0n) is 17.0. The number of likely N-dealkylation sites (tertiary alicyclic amines) is 1. The number of hydrogen-bond acceptors (Lipinski definition) is 4. The maximum atomic E-state index is 11.7. The van der Waals surface area contributed by atoms with Gasteiger partial charge in [-0.3, -0.25) is 14.7 Å². The molecule has 1 fully saturated rings. The summed E-state index contributed by atoms with van der Waals surface area (Å²) in [7, 11) is 0. The van der Waals surface area contributed by atoms with Gasteiger partial charge in [-0.05, 0) is 55.2 Å². The monoisotopic (exact) mass is 393 g/mol. The largest absolute Gasteiger partial charge is 0.357 e. The summed E-state index contributed by atoms with van der Waals surface area (Å²) in [5.74, 6) is 1.16. The molecule has 152 valence electrons. The summed E-state index contributed by atoms with van der Waals surface area (Å²) in [6, 6.07) is 2.51. The first-order valence-corrected chi connectivity index (χ1v) is 11.2. The molecule has 1 aromatic heterocycles. The van der Waals surface area contributed by atoms with Gasteiger partial charge < -0.3 is 15.5 Å². The number of likely N-dealkylation sites (N-methyl/N-ethyl adjacent to an activating group) is 1.